The molecule has 26 heavy (non-hydrogen) atoms. The molecule has 0 unspecified atom stereocenters. The van der Waals surface area contributed by atoms with Gasteiger partial charge >= 0.3 is 6.03 Å². The molecule has 1 saturated heterocycles. The lowest BCUT2D eigenvalue weighted by Crippen LogP contribution is -2.45. The largest absolute Gasteiger partial charge is 0.383 e. The molecule has 2 N–H and O–H groups in total. The van der Waals surface area contributed by atoms with Crippen LogP contribution in [0.25, 0.3) is 0 Å². The summed E-state index contributed by atoms with van der Waals surface area (Å²) in [6.45, 7) is 5.02. The first-order chi connectivity index (χ1) is 12.6. The molecule has 0 spiro atoms. The molecule has 8 heteroatoms. The minimum absolute atomic E-state index is 0.197. The molecule has 0 radical (unpaired) electrons. The maximum absolute atomic E-state index is 13.0. The number of nitrogens with zero attached hydrogens (tertiary/aromatic N) is 2. The third-order valence-corrected chi connectivity index (χ3v) is 4.21. The molecule has 0 bridgehead atoms. The Morgan fingerprint density at radius 1 is 1.12 bits per heavy atom. The fourth-order valence-corrected chi connectivity index (χ4v) is 2.87. The molecule has 1 aliphatic rings. The third kappa shape index (κ3) is 7.47. The average Bonchev–Trinajstić information content (AvgIpc) is 2.82. The van der Waals surface area contributed by atoms with E-state index in [9.17, 15) is 14.0 Å². The van der Waals surface area contributed by atoms with Gasteiger partial charge in [0.1, 0.15) is 5.82 Å². The second-order valence-electron chi connectivity index (χ2n) is 6.33. The summed E-state index contributed by atoms with van der Waals surface area (Å²) in [5, 5.41) is 4.88. The molecule has 0 aliphatic carbocycles. The summed E-state index contributed by atoms with van der Waals surface area (Å²) in [6.07, 6.45) is 0.939. The first kappa shape index (κ1) is 20.3. The Balaban J connectivity index is 1.71. The van der Waals surface area contributed by atoms with E-state index in [4.69, 9.17) is 4.74 Å². The molecule has 144 valence electrons. The number of carbonyl (C=O) groups excluding carboxylic acids is 2. The minimum atomic E-state index is -0.500. The summed E-state index contributed by atoms with van der Waals surface area (Å²) < 4.78 is 17.8. The van der Waals surface area contributed by atoms with Crippen LogP contribution in [0.2, 0.25) is 0 Å². The molecule has 1 aliphatic heterocycles. The number of hydrogen-bond acceptors (Lipinski definition) is 5. The monoisotopic (exact) mass is 366 g/mol. The summed E-state index contributed by atoms with van der Waals surface area (Å²) in [5.74, 6) is -0.542. The third-order valence-electron chi connectivity index (χ3n) is 4.21. The van der Waals surface area contributed by atoms with E-state index in [-0.39, 0.29) is 18.3 Å². The molecule has 7 nitrogen and oxygen atoms in total. The molecular weight excluding hydrogens is 339 g/mol. The standard InChI is InChI=1S/C18H27FN4O3/c1-26-12-7-20-18(25)21-17(24)14-23-9-2-8-22(10-11-23)13-15-3-5-16(19)6-4-15/h3-6H,2,7-14H2,1H3,(H2,20,21,24,25). The van der Waals surface area contributed by atoms with Crippen LogP contribution in [0.1, 0.15) is 12.0 Å². The molecule has 1 fully saturated rings. The summed E-state index contributed by atoms with van der Waals surface area (Å²) >= 11 is 0. The number of amides is 3. The smallest absolute Gasteiger partial charge is 0.321 e. The molecule has 0 atom stereocenters. The number of urea groups is 1. The predicted molar refractivity (Wildman–Crippen MR) is 96.2 cm³/mol. The van der Waals surface area contributed by atoms with Gasteiger partial charge in [-0.3, -0.25) is 19.9 Å². The number of carbonyl (C=O) groups is 2. The van der Waals surface area contributed by atoms with E-state index in [1.165, 1.54) is 12.1 Å². The second-order valence-corrected chi connectivity index (χ2v) is 6.33. The van der Waals surface area contributed by atoms with Crippen LogP contribution >= 0.6 is 0 Å². The van der Waals surface area contributed by atoms with Crippen molar-refractivity contribution < 1.29 is 18.7 Å². The van der Waals surface area contributed by atoms with Crippen molar-refractivity contribution in [2.24, 2.45) is 0 Å². The summed E-state index contributed by atoms with van der Waals surface area (Å²) in [5.41, 5.74) is 1.07. The zero-order chi connectivity index (χ0) is 18.8. The number of hydrogen-bond donors (Lipinski definition) is 2. The van der Waals surface area contributed by atoms with E-state index >= 15 is 0 Å². The van der Waals surface area contributed by atoms with Crippen molar-refractivity contribution in [1.82, 2.24) is 20.4 Å². The highest BCUT2D eigenvalue weighted by Gasteiger charge is 2.18. The van der Waals surface area contributed by atoms with Crippen LogP contribution < -0.4 is 10.6 Å². The highest BCUT2D eigenvalue weighted by atomic mass is 19.1. The van der Waals surface area contributed by atoms with Crippen LogP contribution in [0.4, 0.5) is 9.18 Å². The number of ether oxygens (including phenoxy) is 1. The SMILES string of the molecule is COCCNC(=O)NC(=O)CN1CCCN(Cc2ccc(F)cc2)CC1. The average molecular weight is 366 g/mol. The molecule has 1 aromatic carbocycles. The lowest BCUT2D eigenvalue weighted by molar-refractivity contribution is -0.121. The van der Waals surface area contributed by atoms with E-state index < -0.39 is 6.03 Å². The number of imide groups is 1. The Morgan fingerprint density at radius 3 is 2.54 bits per heavy atom. The van der Waals surface area contributed by atoms with Gasteiger partial charge < -0.3 is 10.1 Å². The van der Waals surface area contributed by atoms with E-state index in [1.807, 2.05) is 4.90 Å². The molecule has 0 aromatic heterocycles. The van der Waals surface area contributed by atoms with E-state index in [0.29, 0.717) is 13.2 Å². The van der Waals surface area contributed by atoms with Crippen molar-refractivity contribution in [3.63, 3.8) is 0 Å². The molecule has 3 amide bonds. The van der Waals surface area contributed by atoms with Gasteiger partial charge in [-0.2, -0.15) is 0 Å². The second kappa shape index (κ2) is 10.8. The minimum Gasteiger partial charge on any atom is -0.383 e. The van der Waals surface area contributed by atoms with E-state index in [0.717, 1.165) is 44.7 Å². The Labute approximate surface area is 153 Å². The van der Waals surface area contributed by atoms with Crippen molar-refractivity contribution >= 4 is 11.9 Å². The molecule has 1 heterocycles. The number of nitrogens with one attached hydrogen (secondary N) is 2. The quantitative estimate of drug-likeness (QED) is 0.699. The summed E-state index contributed by atoms with van der Waals surface area (Å²) in [7, 11) is 1.55. The van der Waals surface area contributed by atoms with Crippen LogP contribution in [0.3, 0.4) is 0 Å². The number of rotatable bonds is 7. The first-order valence-corrected chi connectivity index (χ1v) is 8.82. The highest BCUT2D eigenvalue weighted by Crippen LogP contribution is 2.10. The Hall–Kier alpha value is -2.03. The lowest BCUT2D eigenvalue weighted by atomic mass is 10.2. The van der Waals surface area contributed by atoms with Crippen molar-refractivity contribution in [2.75, 3.05) is 53.0 Å². The fourth-order valence-electron chi connectivity index (χ4n) is 2.87. The van der Waals surface area contributed by atoms with Crippen molar-refractivity contribution in [3.05, 3.63) is 35.6 Å². The number of halogens is 1. The van der Waals surface area contributed by atoms with Crippen molar-refractivity contribution in [1.29, 1.82) is 0 Å². The Morgan fingerprint density at radius 2 is 1.81 bits per heavy atom. The molecular formula is C18H27FN4O3. The lowest BCUT2D eigenvalue weighted by Gasteiger charge is -2.21. The van der Waals surface area contributed by atoms with Crippen LogP contribution in [-0.2, 0) is 16.1 Å². The summed E-state index contributed by atoms with van der Waals surface area (Å²) in [6, 6.07) is 6.05. The van der Waals surface area contributed by atoms with Gasteiger partial charge in [-0.05, 0) is 37.2 Å². The van der Waals surface area contributed by atoms with Crippen LogP contribution in [-0.4, -0.2) is 74.7 Å². The van der Waals surface area contributed by atoms with E-state index in [1.54, 1.807) is 19.2 Å². The maximum atomic E-state index is 13.0. The predicted octanol–water partition coefficient (Wildman–Crippen LogP) is 0.806. The van der Waals surface area contributed by atoms with Crippen molar-refractivity contribution in [2.45, 2.75) is 13.0 Å². The van der Waals surface area contributed by atoms with Crippen LogP contribution in [0.5, 0.6) is 0 Å². The van der Waals surface area contributed by atoms with Gasteiger partial charge in [0.05, 0.1) is 13.2 Å². The van der Waals surface area contributed by atoms with Gasteiger partial charge in [0.2, 0.25) is 5.91 Å². The van der Waals surface area contributed by atoms with Crippen LogP contribution in [0.15, 0.2) is 24.3 Å². The Bertz CT molecular complexity index is 582. The highest BCUT2D eigenvalue weighted by molar-refractivity contribution is 5.95. The fraction of sp³-hybridized carbons (Fsp3) is 0.556. The zero-order valence-electron chi connectivity index (χ0n) is 15.2. The topological polar surface area (TPSA) is 73.9 Å². The van der Waals surface area contributed by atoms with Gasteiger partial charge in [-0.15, -0.1) is 0 Å². The zero-order valence-corrected chi connectivity index (χ0v) is 15.2. The maximum Gasteiger partial charge on any atom is 0.321 e. The van der Waals surface area contributed by atoms with Gasteiger partial charge in [-0.1, -0.05) is 12.1 Å². The first-order valence-electron chi connectivity index (χ1n) is 8.82. The Kier molecular flexibility index (Phi) is 8.46. The molecule has 1 aromatic rings. The van der Waals surface area contributed by atoms with Crippen LogP contribution in [0, 0.1) is 5.82 Å². The summed E-state index contributed by atoms with van der Waals surface area (Å²) in [4.78, 5) is 27.9. The number of methoxy groups -OCH3 is 1. The molecule has 2 rings (SSSR count). The van der Waals surface area contributed by atoms with Gasteiger partial charge in [0.15, 0.2) is 0 Å². The van der Waals surface area contributed by atoms with E-state index in [2.05, 4.69) is 15.5 Å². The van der Waals surface area contributed by atoms with Gasteiger partial charge in [0.25, 0.3) is 0 Å². The normalized spacial score (nSPS) is 16.1. The van der Waals surface area contributed by atoms with Crippen molar-refractivity contribution in [3.8, 4) is 0 Å². The van der Waals surface area contributed by atoms with Gasteiger partial charge in [0, 0.05) is 33.3 Å². The molecule has 0 saturated carbocycles. The number of benzene rings is 1. The van der Waals surface area contributed by atoms with Gasteiger partial charge in [-0.25, -0.2) is 9.18 Å².